The van der Waals surface area contributed by atoms with Crippen molar-refractivity contribution < 1.29 is 9.90 Å². The van der Waals surface area contributed by atoms with Gasteiger partial charge in [-0.1, -0.05) is 0 Å². The predicted molar refractivity (Wildman–Crippen MR) is 44.0 cm³/mol. The van der Waals surface area contributed by atoms with E-state index in [1.54, 1.807) is 12.1 Å². The van der Waals surface area contributed by atoms with Gasteiger partial charge < -0.3 is 5.11 Å². The third-order valence-corrected chi connectivity index (χ3v) is 1.95. The molecule has 1 radical (unpaired) electrons. The number of thioether (sulfide) groups is 1. The number of benzene rings is 1. The van der Waals surface area contributed by atoms with Crippen LogP contribution in [0.1, 0.15) is 10.4 Å². The normalized spacial score (nSPS) is 9.55. The molecule has 0 aliphatic rings. The van der Waals surface area contributed by atoms with Gasteiger partial charge in [-0.05, 0) is 30.5 Å². The number of carboxylic acid groups (broad SMARTS) is 1. The largest absolute Gasteiger partial charge is 0.478 e. The van der Waals surface area contributed by atoms with Crippen molar-refractivity contribution in [2.45, 2.75) is 4.90 Å². The fraction of sp³-hybridized carbons (Fsp3) is 0.125. The fourth-order valence-electron chi connectivity index (χ4n) is 0.692. The Morgan fingerprint density at radius 1 is 1.64 bits per heavy atom. The van der Waals surface area contributed by atoms with Crippen LogP contribution in [-0.4, -0.2) is 17.3 Å². The first-order chi connectivity index (χ1) is 5.24. The standard InChI is InChI=1S/C8H7O2S/c1-11-7-4-2-3-6(5-7)8(9)10/h3-5H,1H3,(H,9,10). The van der Waals surface area contributed by atoms with E-state index in [0.717, 1.165) is 4.90 Å². The lowest BCUT2D eigenvalue weighted by Gasteiger charge is -1.96. The van der Waals surface area contributed by atoms with Gasteiger partial charge in [-0.15, -0.1) is 11.8 Å². The first-order valence-corrected chi connectivity index (χ1v) is 4.25. The summed E-state index contributed by atoms with van der Waals surface area (Å²) >= 11 is 1.51. The van der Waals surface area contributed by atoms with E-state index in [1.165, 1.54) is 17.8 Å². The van der Waals surface area contributed by atoms with Gasteiger partial charge in [-0.2, -0.15) is 0 Å². The molecular formula is C8H7O2S. The number of rotatable bonds is 2. The quantitative estimate of drug-likeness (QED) is 0.683. The van der Waals surface area contributed by atoms with Gasteiger partial charge in [-0.25, -0.2) is 4.79 Å². The van der Waals surface area contributed by atoms with Crippen LogP contribution in [0.25, 0.3) is 0 Å². The average molecular weight is 167 g/mol. The molecule has 0 aromatic heterocycles. The maximum absolute atomic E-state index is 10.4. The van der Waals surface area contributed by atoms with Gasteiger partial charge >= 0.3 is 5.97 Å². The van der Waals surface area contributed by atoms with Gasteiger partial charge in [0.05, 0.1) is 5.56 Å². The van der Waals surface area contributed by atoms with E-state index in [9.17, 15) is 4.79 Å². The highest BCUT2D eigenvalue weighted by atomic mass is 32.2. The summed E-state index contributed by atoms with van der Waals surface area (Å²) in [5.74, 6) is -0.905. The molecule has 1 aromatic carbocycles. The Balaban J connectivity index is 3.01. The van der Waals surface area contributed by atoms with Crippen molar-refractivity contribution >= 4 is 17.7 Å². The molecule has 0 atom stereocenters. The van der Waals surface area contributed by atoms with Gasteiger partial charge in [0, 0.05) is 4.90 Å². The molecule has 0 unspecified atom stereocenters. The van der Waals surface area contributed by atoms with Gasteiger partial charge in [0.1, 0.15) is 0 Å². The van der Waals surface area contributed by atoms with Crippen molar-refractivity contribution in [3.8, 4) is 0 Å². The second kappa shape index (κ2) is 3.44. The fourth-order valence-corrected chi connectivity index (χ4v) is 1.12. The van der Waals surface area contributed by atoms with Crippen molar-refractivity contribution in [2.24, 2.45) is 0 Å². The van der Waals surface area contributed by atoms with E-state index in [1.807, 2.05) is 6.26 Å². The lowest BCUT2D eigenvalue weighted by atomic mass is 10.2. The maximum atomic E-state index is 10.4. The Morgan fingerprint density at radius 2 is 2.36 bits per heavy atom. The summed E-state index contributed by atoms with van der Waals surface area (Å²) < 4.78 is 0. The zero-order valence-corrected chi connectivity index (χ0v) is 6.81. The van der Waals surface area contributed by atoms with Crippen LogP contribution in [0.2, 0.25) is 0 Å². The van der Waals surface area contributed by atoms with Crippen molar-refractivity contribution in [3.63, 3.8) is 0 Å². The molecule has 1 N–H and O–H groups in total. The van der Waals surface area contributed by atoms with E-state index < -0.39 is 5.97 Å². The summed E-state index contributed by atoms with van der Waals surface area (Å²) in [5, 5.41) is 8.58. The van der Waals surface area contributed by atoms with Crippen LogP contribution in [0.15, 0.2) is 23.1 Å². The topological polar surface area (TPSA) is 37.3 Å². The molecule has 0 aliphatic heterocycles. The summed E-state index contributed by atoms with van der Waals surface area (Å²) in [4.78, 5) is 11.4. The molecular weight excluding hydrogens is 160 g/mol. The van der Waals surface area contributed by atoms with E-state index in [2.05, 4.69) is 6.07 Å². The summed E-state index contributed by atoms with van der Waals surface area (Å²) in [6, 6.07) is 7.61. The molecule has 1 aromatic rings. The van der Waals surface area contributed by atoms with E-state index in [-0.39, 0.29) is 5.56 Å². The SMILES string of the molecule is CSc1c[c]cc(C(=O)O)c1. The number of hydrogen-bond donors (Lipinski definition) is 1. The van der Waals surface area contributed by atoms with Crippen LogP contribution < -0.4 is 0 Å². The Labute approximate surface area is 69.2 Å². The molecule has 1 rings (SSSR count). The highest BCUT2D eigenvalue weighted by Crippen LogP contribution is 2.15. The van der Waals surface area contributed by atoms with Crippen molar-refractivity contribution in [1.29, 1.82) is 0 Å². The second-order valence-corrected chi connectivity index (χ2v) is 2.85. The zero-order valence-electron chi connectivity index (χ0n) is 6.00. The second-order valence-electron chi connectivity index (χ2n) is 1.97. The van der Waals surface area contributed by atoms with Crippen LogP contribution in [0.4, 0.5) is 0 Å². The van der Waals surface area contributed by atoms with E-state index in [0.29, 0.717) is 0 Å². The molecule has 0 fully saturated rings. The molecule has 2 nitrogen and oxygen atoms in total. The molecule has 0 bridgehead atoms. The van der Waals surface area contributed by atoms with Crippen molar-refractivity contribution in [1.82, 2.24) is 0 Å². The lowest BCUT2D eigenvalue weighted by molar-refractivity contribution is 0.0696. The minimum Gasteiger partial charge on any atom is -0.478 e. The van der Waals surface area contributed by atoms with Crippen LogP contribution >= 0.6 is 11.8 Å². The van der Waals surface area contributed by atoms with Crippen LogP contribution in [0, 0.1) is 6.07 Å². The molecule has 0 saturated heterocycles. The third kappa shape index (κ3) is 1.98. The molecule has 0 amide bonds. The predicted octanol–water partition coefficient (Wildman–Crippen LogP) is 1.91. The monoisotopic (exact) mass is 167 g/mol. The summed E-state index contributed by atoms with van der Waals surface area (Å²) in [6.45, 7) is 0. The minimum atomic E-state index is -0.905. The third-order valence-electron chi connectivity index (χ3n) is 1.24. The Hall–Kier alpha value is -0.960. The van der Waals surface area contributed by atoms with Crippen LogP contribution in [-0.2, 0) is 0 Å². The number of aromatic carboxylic acids is 1. The lowest BCUT2D eigenvalue weighted by Crippen LogP contribution is -1.95. The first kappa shape index (κ1) is 8.14. The molecule has 0 aliphatic carbocycles. The average Bonchev–Trinajstić information content (AvgIpc) is 2.05. The van der Waals surface area contributed by atoms with Crippen LogP contribution in [0.3, 0.4) is 0 Å². The van der Waals surface area contributed by atoms with Gasteiger partial charge in [0.15, 0.2) is 0 Å². The van der Waals surface area contributed by atoms with Gasteiger partial charge in [-0.3, -0.25) is 0 Å². The zero-order chi connectivity index (χ0) is 8.27. The Bertz CT molecular complexity index is 271. The highest BCUT2D eigenvalue weighted by molar-refractivity contribution is 7.98. The number of hydrogen-bond acceptors (Lipinski definition) is 2. The van der Waals surface area contributed by atoms with Gasteiger partial charge in [0.25, 0.3) is 0 Å². The summed E-state index contributed by atoms with van der Waals surface area (Å²) in [6.07, 6.45) is 1.90. The summed E-state index contributed by atoms with van der Waals surface area (Å²) in [7, 11) is 0. The molecule has 0 saturated carbocycles. The Kier molecular flexibility index (Phi) is 2.54. The summed E-state index contributed by atoms with van der Waals surface area (Å²) in [5.41, 5.74) is 0.289. The van der Waals surface area contributed by atoms with Crippen LogP contribution in [0.5, 0.6) is 0 Å². The smallest absolute Gasteiger partial charge is 0.335 e. The van der Waals surface area contributed by atoms with E-state index >= 15 is 0 Å². The molecule has 57 valence electrons. The maximum Gasteiger partial charge on any atom is 0.335 e. The van der Waals surface area contributed by atoms with Crippen molar-refractivity contribution in [2.75, 3.05) is 6.26 Å². The van der Waals surface area contributed by atoms with Crippen molar-refractivity contribution in [3.05, 3.63) is 29.8 Å². The number of carboxylic acids is 1. The Morgan fingerprint density at radius 3 is 2.91 bits per heavy atom. The molecule has 11 heavy (non-hydrogen) atoms. The van der Waals surface area contributed by atoms with E-state index in [4.69, 9.17) is 5.11 Å². The molecule has 3 heteroatoms. The minimum absolute atomic E-state index is 0.289. The number of carbonyl (C=O) groups is 1. The van der Waals surface area contributed by atoms with Gasteiger partial charge in [0.2, 0.25) is 0 Å². The highest BCUT2D eigenvalue weighted by Gasteiger charge is 2.01. The molecule has 0 heterocycles. The molecule has 0 spiro atoms. The first-order valence-electron chi connectivity index (χ1n) is 3.02.